The SMILES string of the molecule is CN1B(c2ccccc2)[N+](C)=c2/c(=C3\C(=O)C(c4ccc5cccc6c5c4N(C)C(c4ccccc4)N6C)=C3O)ccc3cccc1c23. The lowest BCUT2D eigenvalue weighted by atomic mass is 9.64. The molecule has 1 aliphatic carbocycles. The summed E-state index contributed by atoms with van der Waals surface area (Å²) in [7, 11) is 8.40. The van der Waals surface area contributed by atoms with Crippen LogP contribution < -0.4 is 35.1 Å². The smallest absolute Gasteiger partial charge is 0.506 e. The highest BCUT2D eigenvalue weighted by molar-refractivity contribution is 6.75. The van der Waals surface area contributed by atoms with E-state index in [9.17, 15) is 9.90 Å². The fraction of sp³-hybridized carbons (Fsp3) is 0.122. The number of aliphatic hydroxyl groups excluding tert-OH is 1. The van der Waals surface area contributed by atoms with Crippen molar-refractivity contribution < 1.29 is 9.90 Å². The summed E-state index contributed by atoms with van der Waals surface area (Å²) in [4.78, 5) is 21.3. The molecule has 2 aliphatic heterocycles. The molecule has 232 valence electrons. The fourth-order valence-electron chi connectivity index (χ4n) is 8.48. The Labute approximate surface area is 279 Å². The summed E-state index contributed by atoms with van der Waals surface area (Å²) in [6, 6.07) is 41.6. The second-order valence-electron chi connectivity index (χ2n) is 13.1. The number of ketones is 1. The zero-order valence-electron chi connectivity index (χ0n) is 27.3. The zero-order chi connectivity index (χ0) is 32.8. The molecule has 48 heavy (non-hydrogen) atoms. The van der Waals surface area contributed by atoms with Gasteiger partial charge in [0.1, 0.15) is 19.0 Å². The van der Waals surface area contributed by atoms with Crippen LogP contribution in [0, 0.1) is 0 Å². The van der Waals surface area contributed by atoms with E-state index in [1.165, 1.54) is 0 Å². The van der Waals surface area contributed by atoms with Crippen LogP contribution in [0.1, 0.15) is 17.3 Å². The molecule has 6 aromatic rings. The second kappa shape index (κ2) is 10.3. The normalized spacial score (nSPS) is 18.3. The first-order chi connectivity index (χ1) is 23.4. The number of anilines is 3. The molecule has 1 atom stereocenters. The highest BCUT2D eigenvalue weighted by Crippen LogP contribution is 2.50. The molecule has 6 aromatic carbocycles. The van der Waals surface area contributed by atoms with E-state index in [2.05, 4.69) is 144 Å². The highest BCUT2D eigenvalue weighted by Gasteiger charge is 2.44. The van der Waals surface area contributed by atoms with Crippen LogP contribution >= 0.6 is 0 Å². The molecule has 7 heteroatoms. The Morgan fingerprint density at radius 3 is 2.02 bits per heavy atom. The van der Waals surface area contributed by atoms with Crippen molar-refractivity contribution >= 4 is 68.0 Å². The van der Waals surface area contributed by atoms with E-state index in [-0.39, 0.29) is 24.7 Å². The first-order valence-electron chi connectivity index (χ1n) is 16.4. The van der Waals surface area contributed by atoms with Crippen molar-refractivity contribution in [3.05, 3.63) is 149 Å². The van der Waals surface area contributed by atoms with Gasteiger partial charge in [0, 0.05) is 48.9 Å². The summed E-state index contributed by atoms with van der Waals surface area (Å²) in [5, 5.41) is 18.1. The maximum Gasteiger partial charge on any atom is 0.646 e. The summed E-state index contributed by atoms with van der Waals surface area (Å²) in [6.45, 7) is -0.0873. The van der Waals surface area contributed by atoms with Crippen molar-refractivity contribution in [1.29, 1.82) is 0 Å². The van der Waals surface area contributed by atoms with Gasteiger partial charge in [-0.05, 0) is 34.5 Å². The van der Waals surface area contributed by atoms with Crippen molar-refractivity contribution in [3.8, 4) is 0 Å². The minimum atomic E-state index is -0.138. The van der Waals surface area contributed by atoms with Crippen LogP contribution in [0.3, 0.4) is 0 Å². The van der Waals surface area contributed by atoms with Crippen molar-refractivity contribution in [3.63, 3.8) is 0 Å². The number of benzene rings is 6. The van der Waals surface area contributed by atoms with Crippen LogP contribution in [0.4, 0.5) is 17.1 Å². The average Bonchev–Trinajstić information content (AvgIpc) is 3.11. The number of hydrogen-bond donors (Lipinski definition) is 1. The third kappa shape index (κ3) is 3.76. The summed E-state index contributed by atoms with van der Waals surface area (Å²) in [6.07, 6.45) is -0.0873. The summed E-state index contributed by atoms with van der Waals surface area (Å²) in [5.41, 5.74) is 6.94. The number of carbonyl (C=O) groups is 1. The van der Waals surface area contributed by atoms with E-state index in [1.54, 1.807) is 0 Å². The van der Waals surface area contributed by atoms with Gasteiger partial charge in [-0.15, -0.1) is 0 Å². The van der Waals surface area contributed by atoms with Gasteiger partial charge < -0.3 is 19.7 Å². The van der Waals surface area contributed by atoms with Crippen LogP contribution in [0.15, 0.2) is 127 Å². The Bertz CT molecular complexity index is 2510. The predicted octanol–water partition coefficient (Wildman–Crippen LogP) is 5.25. The Kier molecular flexibility index (Phi) is 6.12. The van der Waals surface area contributed by atoms with Gasteiger partial charge >= 0.3 is 6.98 Å². The molecule has 1 unspecified atom stereocenters. The summed E-state index contributed by atoms with van der Waals surface area (Å²) in [5.74, 6) is -0.0887. The maximum absolute atomic E-state index is 14.5. The Morgan fingerprint density at radius 1 is 0.667 bits per heavy atom. The highest BCUT2D eigenvalue weighted by atomic mass is 16.3. The molecule has 0 saturated carbocycles. The molecule has 0 fully saturated rings. The van der Waals surface area contributed by atoms with Gasteiger partial charge in [-0.25, -0.2) is 0 Å². The number of aliphatic hydroxyl groups is 1. The molecule has 0 saturated heterocycles. The zero-order valence-corrected chi connectivity index (χ0v) is 27.3. The van der Waals surface area contributed by atoms with Crippen molar-refractivity contribution in [2.75, 3.05) is 42.8 Å². The van der Waals surface area contributed by atoms with Crippen LogP contribution in [0.25, 0.3) is 32.7 Å². The largest absolute Gasteiger partial charge is 0.646 e. The lowest BCUT2D eigenvalue weighted by Crippen LogP contribution is -2.63. The number of hydrogen-bond acceptors (Lipinski definition) is 5. The van der Waals surface area contributed by atoms with Gasteiger partial charge in [0.2, 0.25) is 5.78 Å². The minimum absolute atomic E-state index is 0.0494. The topological polar surface area (TPSA) is 50.0 Å². The van der Waals surface area contributed by atoms with Crippen LogP contribution in [0.2, 0.25) is 0 Å². The predicted molar refractivity (Wildman–Crippen MR) is 198 cm³/mol. The Balaban J connectivity index is 1.31. The number of Topliss-reactive ketones (excluding diaryl/α,β-unsaturated/α-hetero) is 1. The average molecular weight is 626 g/mol. The molecule has 0 radical (unpaired) electrons. The van der Waals surface area contributed by atoms with Crippen LogP contribution in [0.5, 0.6) is 0 Å². The first-order valence-corrected chi connectivity index (χ1v) is 16.4. The lowest BCUT2D eigenvalue weighted by Gasteiger charge is -2.45. The van der Waals surface area contributed by atoms with Gasteiger partial charge in [-0.3, -0.25) is 9.28 Å². The Hall–Kier alpha value is -5.82. The standard InChI is InChI=1S/C41H33BN4O2/c1-43-31-19-11-15-25-21-23-29(37(33(25)31)44(2)41(43)27-13-7-5-8-14-27)35-39(47)36(40(35)48)30-24-22-26-16-12-20-32-34(26)38(30)46(4)42(45(32)3)28-17-9-6-10-18-28/h5-24,41H,1-4H3/p+1. The van der Waals surface area contributed by atoms with Gasteiger partial charge in [-0.1, -0.05) is 103 Å². The summed E-state index contributed by atoms with van der Waals surface area (Å²) >= 11 is 0. The number of rotatable bonds is 3. The van der Waals surface area contributed by atoms with E-state index in [4.69, 9.17) is 0 Å². The van der Waals surface area contributed by atoms with Crippen molar-refractivity contribution in [2.45, 2.75) is 6.17 Å². The second-order valence-corrected chi connectivity index (χ2v) is 13.1. The van der Waals surface area contributed by atoms with E-state index in [1.807, 2.05) is 24.3 Å². The number of nitrogens with zero attached hydrogens (tertiary/aromatic N) is 4. The van der Waals surface area contributed by atoms with E-state index in [0.29, 0.717) is 11.1 Å². The van der Waals surface area contributed by atoms with Gasteiger partial charge in [-0.2, -0.15) is 0 Å². The molecule has 6 nitrogen and oxygen atoms in total. The fourth-order valence-corrected chi connectivity index (χ4v) is 8.48. The van der Waals surface area contributed by atoms with Crippen LogP contribution in [-0.2, 0) is 4.79 Å². The monoisotopic (exact) mass is 625 g/mol. The summed E-state index contributed by atoms with van der Waals surface area (Å²) < 4.78 is 2.24. The van der Waals surface area contributed by atoms with Crippen molar-refractivity contribution in [2.24, 2.45) is 0 Å². The molecular weight excluding hydrogens is 591 g/mol. The minimum Gasteiger partial charge on any atom is -0.506 e. The molecule has 0 bridgehead atoms. The molecule has 0 spiro atoms. The molecule has 0 amide bonds. The quantitative estimate of drug-likeness (QED) is 0.273. The third-order valence-corrected chi connectivity index (χ3v) is 10.6. The van der Waals surface area contributed by atoms with E-state index >= 15 is 0 Å². The molecule has 9 rings (SSSR count). The van der Waals surface area contributed by atoms with Crippen LogP contribution in [-0.4, -0.2) is 46.1 Å². The number of allylic oxidation sites excluding steroid dienone is 2. The maximum atomic E-state index is 14.5. The first kappa shape index (κ1) is 28.4. The van der Waals surface area contributed by atoms with Crippen molar-refractivity contribution in [1.82, 2.24) is 4.49 Å². The van der Waals surface area contributed by atoms with Gasteiger partial charge in [0.25, 0.3) is 0 Å². The molecule has 0 aromatic heterocycles. The third-order valence-electron chi connectivity index (χ3n) is 10.6. The van der Waals surface area contributed by atoms with E-state index in [0.717, 1.165) is 65.8 Å². The molecular formula is C41H34BN4O2+. The van der Waals surface area contributed by atoms with E-state index < -0.39 is 0 Å². The van der Waals surface area contributed by atoms with Gasteiger partial charge in [0.15, 0.2) is 5.36 Å². The molecule has 2 heterocycles. The molecule has 3 aliphatic rings. The van der Waals surface area contributed by atoms with Gasteiger partial charge in [0.05, 0.1) is 27.4 Å². The Morgan fingerprint density at radius 2 is 1.31 bits per heavy atom. The molecule has 1 N–H and O–H groups in total. The number of carbonyl (C=O) groups excluding carboxylic acids is 1. The lowest BCUT2D eigenvalue weighted by molar-refractivity contribution is -0.109.